The quantitative estimate of drug-likeness (QED) is 0.500. The summed E-state index contributed by atoms with van der Waals surface area (Å²) in [5, 5.41) is 23.5. The van der Waals surface area contributed by atoms with Crippen LogP contribution in [0, 0.1) is 39.9 Å². The second-order valence-electron chi connectivity index (χ2n) is 13.1. The third-order valence-corrected chi connectivity index (χ3v) is 12.2. The standard InChI is InChI=1S/C28H31NO6/c1-13-15-9-16-21-26-7-3-6-25(2)11-29(21)28(24(25)26,10-27(16,22(13)31)20(26)19(15)30)35-23(32)14-4-5-17-18(8-14)34-12-33-17/h4-5,8,15-16,19-22,24,30-31H,1,3,6-7,9-12H2,2H3/t15-,16-,19+,20+,21-,22-,24-,25+,26+,27+,28-/m1/s1. The Balaban J connectivity index is 1.21. The molecule has 7 heteroatoms. The van der Waals surface area contributed by atoms with Gasteiger partial charge in [-0.25, -0.2) is 4.79 Å². The topological polar surface area (TPSA) is 88.5 Å². The van der Waals surface area contributed by atoms with Gasteiger partial charge >= 0.3 is 5.97 Å². The highest BCUT2D eigenvalue weighted by atomic mass is 16.7. The molecule has 9 fully saturated rings. The number of fused-ring (bicyclic) bond motifs is 2. The molecule has 1 aromatic rings. The van der Waals surface area contributed by atoms with E-state index in [2.05, 4.69) is 18.4 Å². The highest BCUT2D eigenvalue weighted by molar-refractivity contribution is 5.90. The van der Waals surface area contributed by atoms with Gasteiger partial charge in [-0.2, -0.15) is 0 Å². The van der Waals surface area contributed by atoms with Crippen LogP contribution < -0.4 is 9.47 Å². The number of esters is 1. The zero-order valence-electron chi connectivity index (χ0n) is 19.9. The molecule has 2 spiro atoms. The van der Waals surface area contributed by atoms with Crippen LogP contribution >= 0.6 is 0 Å². The number of nitrogens with zero attached hydrogens (tertiary/aromatic N) is 1. The monoisotopic (exact) mass is 477 g/mol. The molecule has 4 heterocycles. The fraction of sp³-hybridized carbons (Fsp3) is 0.679. The Morgan fingerprint density at radius 3 is 2.89 bits per heavy atom. The molecule has 11 rings (SSSR count). The van der Waals surface area contributed by atoms with Crippen LogP contribution in [0.2, 0.25) is 0 Å². The lowest BCUT2D eigenvalue weighted by Crippen LogP contribution is -2.72. The fourth-order valence-corrected chi connectivity index (χ4v) is 11.9. The van der Waals surface area contributed by atoms with Crippen LogP contribution in [-0.2, 0) is 4.74 Å². The molecule has 35 heavy (non-hydrogen) atoms. The van der Waals surface area contributed by atoms with E-state index in [1.54, 1.807) is 18.2 Å². The van der Waals surface area contributed by atoms with E-state index >= 15 is 0 Å². The lowest BCUT2D eigenvalue weighted by molar-refractivity contribution is -0.271. The van der Waals surface area contributed by atoms with Gasteiger partial charge < -0.3 is 24.4 Å². The Labute approximate surface area is 204 Å². The Kier molecular flexibility index (Phi) is 3.19. The first kappa shape index (κ1) is 20.0. The minimum Gasteiger partial charge on any atom is -0.454 e. The summed E-state index contributed by atoms with van der Waals surface area (Å²) in [6.07, 6.45) is 3.68. The molecule has 9 bridgehead atoms. The van der Waals surface area contributed by atoms with Crippen molar-refractivity contribution in [1.29, 1.82) is 0 Å². The number of aliphatic hydroxyl groups is 2. The van der Waals surface area contributed by atoms with Gasteiger partial charge in [-0.15, -0.1) is 0 Å². The molecule has 0 amide bonds. The lowest BCUT2D eigenvalue weighted by Gasteiger charge is -2.67. The maximum absolute atomic E-state index is 13.7. The molecule has 1 unspecified atom stereocenters. The summed E-state index contributed by atoms with van der Waals surface area (Å²) in [6, 6.07) is 5.49. The number of piperidine rings is 2. The maximum atomic E-state index is 13.7. The molecule has 10 aliphatic rings. The number of hydrogen-bond donors (Lipinski definition) is 2. The first-order valence-electron chi connectivity index (χ1n) is 13.2. The highest BCUT2D eigenvalue weighted by Crippen LogP contribution is 2.89. The molecule has 6 aliphatic carbocycles. The van der Waals surface area contributed by atoms with Gasteiger partial charge in [-0.3, -0.25) is 4.90 Å². The third kappa shape index (κ3) is 1.77. The SMILES string of the molecule is C=C1[C@H]2C[C@@H]3[C@H]4N5C[C@]6(C)CCC[C@]47[C@H]([C@H]2O)[C@@]3(C[C@@]5(OC(=O)c2ccc3c(c2)OCO3)[C@H]67)[C@@H]1O. The van der Waals surface area contributed by atoms with Gasteiger partial charge in [0, 0.05) is 47.6 Å². The lowest BCUT2D eigenvalue weighted by atomic mass is 9.39. The van der Waals surface area contributed by atoms with E-state index in [1.807, 2.05) is 0 Å². The van der Waals surface area contributed by atoms with E-state index < -0.39 is 23.3 Å². The molecule has 184 valence electrons. The van der Waals surface area contributed by atoms with Crippen molar-refractivity contribution in [3.63, 3.8) is 0 Å². The minimum absolute atomic E-state index is 0.0145. The summed E-state index contributed by atoms with van der Waals surface area (Å²) in [4.78, 5) is 16.3. The average Bonchev–Trinajstić information content (AvgIpc) is 3.46. The largest absolute Gasteiger partial charge is 0.454 e. The van der Waals surface area contributed by atoms with Gasteiger partial charge in [-0.1, -0.05) is 19.9 Å². The average molecular weight is 478 g/mol. The predicted octanol–water partition coefficient (Wildman–Crippen LogP) is 2.71. The summed E-state index contributed by atoms with van der Waals surface area (Å²) < 4.78 is 17.6. The van der Waals surface area contributed by atoms with E-state index in [9.17, 15) is 15.0 Å². The number of ether oxygens (including phenoxy) is 3. The highest BCUT2D eigenvalue weighted by Gasteiger charge is 2.94. The Bertz CT molecular complexity index is 1250. The normalized spacial score (nSPS) is 56.7. The van der Waals surface area contributed by atoms with E-state index in [0.717, 1.165) is 37.8 Å². The molecule has 1 aromatic carbocycles. The summed E-state index contributed by atoms with van der Waals surface area (Å²) >= 11 is 0. The zero-order chi connectivity index (χ0) is 23.7. The number of carbonyl (C=O) groups excluding carboxylic acids is 1. The molecule has 0 aromatic heterocycles. The van der Waals surface area contributed by atoms with E-state index in [-0.39, 0.29) is 47.4 Å². The molecule has 12 atom stereocenters. The molecule has 2 N–H and O–H groups in total. The van der Waals surface area contributed by atoms with Crippen molar-refractivity contribution in [3.05, 3.63) is 35.9 Å². The molecule has 6 saturated carbocycles. The Morgan fingerprint density at radius 2 is 2.03 bits per heavy atom. The fourth-order valence-electron chi connectivity index (χ4n) is 11.9. The van der Waals surface area contributed by atoms with Crippen molar-refractivity contribution < 1.29 is 29.2 Å². The number of benzene rings is 1. The molecule has 0 radical (unpaired) electrons. The van der Waals surface area contributed by atoms with Gasteiger partial charge in [0.05, 0.1) is 17.8 Å². The number of aliphatic hydroxyl groups excluding tert-OH is 2. The van der Waals surface area contributed by atoms with Crippen LogP contribution in [0.4, 0.5) is 0 Å². The second-order valence-corrected chi connectivity index (χ2v) is 13.1. The van der Waals surface area contributed by atoms with Gasteiger partial charge in [0.25, 0.3) is 0 Å². The number of rotatable bonds is 2. The second kappa shape index (κ2) is 5.58. The van der Waals surface area contributed by atoms with E-state index in [1.165, 1.54) is 0 Å². The molecular weight excluding hydrogens is 446 g/mol. The van der Waals surface area contributed by atoms with Gasteiger partial charge in [0.2, 0.25) is 6.79 Å². The van der Waals surface area contributed by atoms with Gasteiger partial charge in [0.15, 0.2) is 17.2 Å². The minimum atomic E-state index is -0.745. The summed E-state index contributed by atoms with van der Waals surface area (Å²) in [6.45, 7) is 7.72. The van der Waals surface area contributed by atoms with Crippen molar-refractivity contribution in [2.45, 2.75) is 63.0 Å². The Morgan fingerprint density at radius 1 is 1.20 bits per heavy atom. The first-order valence-corrected chi connectivity index (χ1v) is 13.2. The zero-order valence-corrected chi connectivity index (χ0v) is 19.9. The summed E-state index contributed by atoms with van der Waals surface area (Å²) in [5.74, 6) is 1.41. The summed E-state index contributed by atoms with van der Waals surface area (Å²) in [7, 11) is 0. The molecule has 4 aliphatic heterocycles. The smallest absolute Gasteiger partial charge is 0.340 e. The van der Waals surface area contributed by atoms with Crippen LogP contribution in [0.1, 0.15) is 49.4 Å². The summed E-state index contributed by atoms with van der Waals surface area (Å²) in [5.41, 5.74) is -0.0115. The van der Waals surface area contributed by atoms with Crippen LogP contribution in [-0.4, -0.2) is 58.4 Å². The van der Waals surface area contributed by atoms with Crippen LogP contribution in [0.25, 0.3) is 0 Å². The van der Waals surface area contributed by atoms with Crippen molar-refractivity contribution in [3.8, 4) is 11.5 Å². The molecular formula is C28H31NO6. The van der Waals surface area contributed by atoms with Gasteiger partial charge in [-0.05, 0) is 54.4 Å². The number of carbonyl (C=O) groups is 1. The van der Waals surface area contributed by atoms with E-state index in [0.29, 0.717) is 29.4 Å². The Hall–Kier alpha value is -2.09. The van der Waals surface area contributed by atoms with Crippen molar-refractivity contribution >= 4 is 5.97 Å². The molecule has 3 saturated heterocycles. The van der Waals surface area contributed by atoms with Crippen molar-refractivity contribution in [2.24, 2.45) is 39.9 Å². The van der Waals surface area contributed by atoms with Crippen molar-refractivity contribution in [2.75, 3.05) is 13.3 Å². The van der Waals surface area contributed by atoms with Gasteiger partial charge in [0.1, 0.15) is 0 Å². The third-order valence-electron chi connectivity index (χ3n) is 12.2. The maximum Gasteiger partial charge on any atom is 0.340 e. The van der Waals surface area contributed by atoms with Crippen LogP contribution in [0.15, 0.2) is 30.4 Å². The first-order chi connectivity index (χ1) is 16.8. The van der Waals surface area contributed by atoms with Crippen LogP contribution in [0.5, 0.6) is 11.5 Å². The van der Waals surface area contributed by atoms with E-state index in [4.69, 9.17) is 14.2 Å². The predicted molar refractivity (Wildman–Crippen MR) is 122 cm³/mol. The molecule has 7 nitrogen and oxygen atoms in total. The number of hydrogen-bond acceptors (Lipinski definition) is 7. The van der Waals surface area contributed by atoms with Crippen LogP contribution in [0.3, 0.4) is 0 Å². The van der Waals surface area contributed by atoms with Crippen molar-refractivity contribution in [1.82, 2.24) is 4.90 Å².